The first-order chi connectivity index (χ1) is 22.2. The number of benzene rings is 2. The van der Waals surface area contributed by atoms with E-state index in [0.29, 0.717) is 41.2 Å². The summed E-state index contributed by atoms with van der Waals surface area (Å²) in [6.45, 7) is 0. The van der Waals surface area contributed by atoms with Crippen LogP contribution < -0.4 is 4.74 Å². The molecule has 0 amide bonds. The molecule has 250 valence electrons. The Labute approximate surface area is 340 Å². The van der Waals surface area contributed by atoms with Crippen LogP contribution in [0, 0.1) is 65.2 Å². The van der Waals surface area contributed by atoms with Crippen molar-refractivity contribution in [2.75, 3.05) is 0 Å². The average Bonchev–Trinajstić information content (AvgIpc) is 3.62. The van der Waals surface area contributed by atoms with Crippen LogP contribution in [0.5, 0.6) is 5.75 Å². The number of rotatable bonds is 6. The monoisotopic (exact) mass is 1220 g/mol. The standard InChI is InChI=1S/C32H27I5O9S/c33-23-22(24(34)26(36)27(37)25(23)35)32(40)46-29-16-9-17-21(31(39)45-28(17)29)20(16)30(38)44-14-1-2-18(47(41,42)43)15(8-14)19-12-4-10-3-11(6-12)7-13(19)5-10/h1-2,8,10-13,16-17,19-21,28-29H,3-7,9H2,(H,41,42,43). The van der Waals surface area contributed by atoms with E-state index in [1.807, 2.05) is 0 Å². The molecule has 1 saturated heterocycles. The third-order valence-corrected chi connectivity index (χ3v) is 22.0. The van der Waals surface area contributed by atoms with E-state index < -0.39 is 58.0 Å². The molecule has 9 rings (SSSR count). The highest BCUT2D eigenvalue weighted by Crippen LogP contribution is 2.61. The molecule has 1 heterocycles. The lowest BCUT2D eigenvalue weighted by molar-refractivity contribution is -0.149. The Morgan fingerprint density at radius 2 is 1.40 bits per heavy atom. The Balaban J connectivity index is 1.07. The fraction of sp³-hybridized carbons (Fsp3) is 0.531. The maximum absolute atomic E-state index is 13.9. The lowest BCUT2D eigenvalue weighted by atomic mass is 9.51. The van der Waals surface area contributed by atoms with Crippen molar-refractivity contribution in [3.05, 3.63) is 47.2 Å². The SMILES string of the molecule is O=C(OC1C2CC3C1OC(=O)C3C2C(=O)Oc1ccc(S(=O)(=O)O)c(C2C3CC4CC(C3)CC2C4)c1)c1c(I)c(I)c(I)c(I)c1I. The Hall–Kier alpha value is 0.410. The fourth-order valence-electron chi connectivity index (χ4n) is 10.1. The highest BCUT2D eigenvalue weighted by molar-refractivity contribution is 14.1. The summed E-state index contributed by atoms with van der Waals surface area (Å²) in [4.78, 5) is 40.6. The van der Waals surface area contributed by atoms with Gasteiger partial charge in [-0.05, 0) is 205 Å². The number of hydrogen-bond donors (Lipinski definition) is 1. The highest BCUT2D eigenvalue weighted by Gasteiger charge is 2.70. The quantitative estimate of drug-likeness (QED) is 0.0784. The van der Waals surface area contributed by atoms with Gasteiger partial charge in [-0.3, -0.25) is 14.1 Å². The van der Waals surface area contributed by atoms with Crippen molar-refractivity contribution in [3.8, 4) is 5.75 Å². The van der Waals surface area contributed by atoms with E-state index in [0.717, 1.165) is 43.5 Å². The number of fused-ring (bicyclic) bond motifs is 1. The van der Waals surface area contributed by atoms with Gasteiger partial charge in [0.25, 0.3) is 10.1 Å². The Kier molecular flexibility index (Phi) is 9.19. The predicted molar refractivity (Wildman–Crippen MR) is 209 cm³/mol. The van der Waals surface area contributed by atoms with Crippen LogP contribution in [0.25, 0.3) is 0 Å². The summed E-state index contributed by atoms with van der Waals surface area (Å²) in [6, 6.07) is 4.33. The van der Waals surface area contributed by atoms with Crippen molar-refractivity contribution < 1.29 is 41.6 Å². The molecule has 1 N–H and O–H groups in total. The molecule has 6 aliphatic carbocycles. The minimum absolute atomic E-state index is 0.0341. The lowest BCUT2D eigenvalue weighted by Gasteiger charge is -2.54. The first kappa shape index (κ1) is 34.5. The number of carbonyl (C=O) groups excluding carboxylic acids is 3. The fourth-order valence-corrected chi connectivity index (χ4v) is 16.1. The van der Waals surface area contributed by atoms with Gasteiger partial charge in [0.05, 0.1) is 22.3 Å². The Morgan fingerprint density at radius 1 is 0.809 bits per heavy atom. The number of esters is 3. The summed E-state index contributed by atoms with van der Waals surface area (Å²) in [5.41, 5.74) is 0.970. The molecular formula is C32H27I5O9S. The van der Waals surface area contributed by atoms with Crippen LogP contribution in [0.4, 0.5) is 0 Å². The maximum atomic E-state index is 13.9. The first-order valence-electron chi connectivity index (χ1n) is 15.5. The summed E-state index contributed by atoms with van der Waals surface area (Å²) < 4.78 is 57.5. The van der Waals surface area contributed by atoms with Gasteiger partial charge in [-0.2, -0.15) is 8.42 Å². The van der Waals surface area contributed by atoms with Crippen molar-refractivity contribution in [3.63, 3.8) is 0 Å². The number of hydrogen-bond acceptors (Lipinski definition) is 8. The lowest BCUT2D eigenvalue weighted by Crippen LogP contribution is -2.44. The van der Waals surface area contributed by atoms with E-state index >= 15 is 0 Å². The van der Waals surface area contributed by atoms with Crippen molar-refractivity contribution in [1.82, 2.24) is 0 Å². The molecule has 6 bridgehead atoms. The van der Waals surface area contributed by atoms with Gasteiger partial charge in [0, 0.05) is 29.7 Å². The summed E-state index contributed by atoms with van der Waals surface area (Å²) >= 11 is 11.0. The molecule has 1 aliphatic heterocycles. The van der Waals surface area contributed by atoms with Gasteiger partial charge in [-0.25, -0.2) is 4.79 Å². The Morgan fingerprint density at radius 3 is 2.00 bits per heavy atom. The molecule has 9 nitrogen and oxygen atoms in total. The molecule has 6 saturated carbocycles. The highest BCUT2D eigenvalue weighted by atomic mass is 127. The smallest absolute Gasteiger partial charge is 0.340 e. The second kappa shape index (κ2) is 12.5. The number of halogens is 5. The van der Waals surface area contributed by atoms with Gasteiger partial charge in [-0.1, -0.05) is 0 Å². The largest absolute Gasteiger partial charge is 0.458 e. The third-order valence-electron chi connectivity index (χ3n) is 11.5. The molecule has 7 aliphatic rings. The van der Waals surface area contributed by atoms with Crippen LogP contribution in [0.1, 0.15) is 60.4 Å². The summed E-state index contributed by atoms with van der Waals surface area (Å²) in [7, 11) is -4.51. The van der Waals surface area contributed by atoms with E-state index in [1.54, 1.807) is 6.07 Å². The van der Waals surface area contributed by atoms with Gasteiger partial charge in [0.1, 0.15) is 18.0 Å². The van der Waals surface area contributed by atoms with Crippen molar-refractivity contribution >= 4 is 141 Å². The average molecular weight is 1220 g/mol. The molecule has 0 spiro atoms. The van der Waals surface area contributed by atoms with E-state index in [9.17, 15) is 27.4 Å². The molecule has 47 heavy (non-hydrogen) atoms. The minimum atomic E-state index is -4.51. The van der Waals surface area contributed by atoms with Crippen molar-refractivity contribution in [2.24, 2.45) is 47.3 Å². The molecule has 2 aromatic rings. The summed E-state index contributed by atoms with van der Waals surface area (Å²) in [5.74, 6) is -1.77. The van der Waals surface area contributed by atoms with Gasteiger partial charge < -0.3 is 14.2 Å². The molecule has 2 aromatic carbocycles. The van der Waals surface area contributed by atoms with Crippen molar-refractivity contribution in [1.29, 1.82) is 0 Å². The van der Waals surface area contributed by atoms with E-state index in [-0.39, 0.29) is 22.5 Å². The van der Waals surface area contributed by atoms with E-state index in [1.165, 1.54) is 18.6 Å². The van der Waals surface area contributed by atoms with Crippen LogP contribution in [0.2, 0.25) is 0 Å². The van der Waals surface area contributed by atoms with E-state index in [4.69, 9.17) is 14.2 Å². The predicted octanol–water partition coefficient (Wildman–Crippen LogP) is 7.43. The normalized spacial score (nSPS) is 36.1. The first-order valence-corrected chi connectivity index (χ1v) is 22.3. The van der Waals surface area contributed by atoms with Crippen LogP contribution in [0.3, 0.4) is 0 Å². The van der Waals surface area contributed by atoms with Crippen LogP contribution in [0.15, 0.2) is 23.1 Å². The zero-order valence-electron chi connectivity index (χ0n) is 24.3. The maximum Gasteiger partial charge on any atom is 0.340 e. The molecule has 6 atom stereocenters. The molecule has 15 heteroatoms. The summed E-state index contributed by atoms with van der Waals surface area (Å²) in [5, 5.41) is 0. The van der Waals surface area contributed by atoms with Crippen LogP contribution in [-0.4, -0.2) is 43.1 Å². The summed E-state index contributed by atoms with van der Waals surface area (Å²) in [6.07, 6.45) is 4.51. The van der Waals surface area contributed by atoms with Crippen molar-refractivity contribution in [2.45, 2.75) is 61.5 Å². The topological polar surface area (TPSA) is 133 Å². The molecule has 0 radical (unpaired) electrons. The zero-order chi connectivity index (χ0) is 33.3. The number of ether oxygens (including phenoxy) is 3. The van der Waals surface area contributed by atoms with Gasteiger partial charge >= 0.3 is 17.9 Å². The molecule has 6 unspecified atom stereocenters. The molecular weight excluding hydrogens is 1190 g/mol. The molecule has 0 aromatic heterocycles. The minimum Gasteiger partial charge on any atom is -0.458 e. The molecule has 7 fully saturated rings. The van der Waals surface area contributed by atoms with Crippen LogP contribution in [-0.2, 0) is 29.2 Å². The third kappa shape index (κ3) is 5.64. The second-order valence-corrected chi connectivity index (χ2v) is 20.7. The van der Waals surface area contributed by atoms with E-state index in [2.05, 4.69) is 113 Å². The van der Waals surface area contributed by atoms with Gasteiger partial charge in [-0.15, -0.1) is 0 Å². The number of carbonyl (C=O) groups is 3. The van der Waals surface area contributed by atoms with Gasteiger partial charge in [0.15, 0.2) is 0 Å². The Bertz CT molecular complexity index is 1810. The zero-order valence-corrected chi connectivity index (χ0v) is 35.9. The second-order valence-electron chi connectivity index (χ2n) is 13.9. The van der Waals surface area contributed by atoms with Gasteiger partial charge in [0.2, 0.25) is 0 Å². The van der Waals surface area contributed by atoms with Crippen LogP contribution >= 0.6 is 113 Å².